The minimum Gasteiger partial charge on any atom is -0.399 e. The molecule has 3 heterocycles. The maximum Gasteiger partial charge on any atom is 0.220 e. The Bertz CT molecular complexity index is 480. The highest BCUT2D eigenvalue weighted by Gasteiger charge is 2.34. The van der Waals surface area contributed by atoms with E-state index in [9.17, 15) is 4.79 Å². The van der Waals surface area contributed by atoms with Gasteiger partial charge in [-0.25, -0.2) is 0 Å². The van der Waals surface area contributed by atoms with Crippen LogP contribution in [-0.4, -0.2) is 36.5 Å². The number of hydrogen-bond acceptors (Lipinski definition) is 3. The first kappa shape index (κ1) is 13.4. The van der Waals surface area contributed by atoms with Crippen molar-refractivity contribution < 1.29 is 4.79 Å². The van der Waals surface area contributed by atoms with Crippen molar-refractivity contribution in [2.24, 2.45) is 5.92 Å². The topological polar surface area (TPSA) is 58.4 Å². The number of piperidine rings is 3. The second kappa shape index (κ2) is 5.83. The zero-order valence-corrected chi connectivity index (χ0v) is 11.8. The number of amides is 1. The molecule has 4 heteroatoms. The molecule has 3 saturated heterocycles. The van der Waals surface area contributed by atoms with Gasteiger partial charge in [-0.05, 0) is 56.0 Å². The number of nitrogens with two attached hydrogens (primary N) is 1. The van der Waals surface area contributed by atoms with Gasteiger partial charge in [-0.1, -0.05) is 12.1 Å². The molecule has 4 rings (SSSR count). The predicted octanol–water partition coefficient (Wildman–Crippen LogP) is 1.41. The standard InChI is InChI=1S/C16H23N3O/c17-14-3-1-2-12(10-14)4-5-16(20)18-15-11-19-8-6-13(15)7-9-19/h1-3,10,13,15H,4-9,11,17H2,(H,18,20). The lowest BCUT2D eigenvalue weighted by atomic mass is 9.84. The normalized spacial score (nSPS) is 28.3. The largest absolute Gasteiger partial charge is 0.399 e. The summed E-state index contributed by atoms with van der Waals surface area (Å²) in [6.45, 7) is 3.45. The Morgan fingerprint density at radius 2 is 2.15 bits per heavy atom. The number of fused-ring (bicyclic) bond motifs is 3. The Morgan fingerprint density at radius 1 is 1.35 bits per heavy atom. The van der Waals surface area contributed by atoms with Crippen molar-refractivity contribution in [3.63, 3.8) is 0 Å². The van der Waals surface area contributed by atoms with Gasteiger partial charge in [0.1, 0.15) is 0 Å². The number of benzene rings is 1. The Hall–Kier alpha value is -1.55. The summed E-state index contributed by atoms with van der Waals surface area (Å²) in [7, 11) is 0. The molecule has 0 saturated carbocycles. The number of rotatable bonds is 4. The maximum atomic E-state index is 12.1. The summed E-state index contributed by atoms with van der Waals surface area (Å²) in [6.07, 6.45) is 3.78. The van der Waals surface area contributed by atoms with E-state index in [0.29, 0.717) is 18.4 Å². The average Bonchev–Trinajstić information content (AvgIpc) is 2.46. The minimum absolute atomic E-state index is 0.172. The molecule has 1 amide bonds. The van der Waals surface area contributed by atoms with Crippen LogP contribution < -0.4 is 11.1 Å². The van der Waals surface area contributed by atoms with E-state index in [1.165, 1.54) is 25.9 Å². The van der Waals surface area contributed by atoms with E-state index in [1.54, 1.807) is 0 Å². The highest BCUT2D eigenvalue weighted by atomic mass is 16.1. The first-order valence-electron chi connectivity index (χ1n) is 7.57. The molecule has 0 spiro atoms. The molecular weight excluding hydrogens is 250 g/mol. The van der Waals surface area contributed by atoms with Crippen LogP contribution in [0.15, 0.2) is 24.3 Å². The van der Waals surface area contributed by atoms with Crippen LogP contribution in [0, 0.1) is 5.92 Å². The molecule has 1 aromatic carbocycles. The summed E-state index contributed by atoms with van der Waals surface area (Å²) < 4.78 is 0. The molecular formula is C16H23N3O. The molecule has 1 atom stereocenters. The van der Waals surface area contributed by atoms with E-state index in [0.717, 1.165) is 24.2 Å². The van der Waals surface area contributed by atoms with Crippen LogP contribution in [0.1, 0.15) is 24.8 Å². The highest BCUT2D eigenvalue weighted by Crippen LogP contribution is 2.27. The van der Waals surface area contributed by atoms with Gasteiger partial charge in [0, 0.05) is 24.7 Å². The second-order valence-electron chi connectivity index (χ2n) is 6.06. The van der Waals surface area contributed by atoms with Gasteiger partial charge < -0.3 is 16.0 Å². The lowest BCUT2D eigenvalue weighted by molar-refractivity contribution is -0.123. The fourth-order valence-corrected chi connectivity index (χ4v) is 3.41. The number of hydrogen-bond donors (Lipinski definition) is 2. The molecule has 0 aliphatic carbocycles. The van der Waals surface area contributed by atoms with Gasteiger partial charge in [-0.2, -0.15) is 0 Å². The van der Waals surface area contributed by atoms with Gasteiger partial charge >= 0.3 is 0 Å². The van der Waals surface area contributed by atoms with E-state index < -0.39 is 0 Å². The van der Waals surface area contributed by atoms with E-state index in [4.69, 9.17) is 5.73 Å². The van der Waals surface area contributed by atoms with Crippen molar-refractivity contribution in [1.29, 1.82) is 0 Å². The number of nitrogens with one attached hydrogen (secondary N) is 1. The Kier molecular flexibility index (Phi) is 3.92. The maximum absolute atomic E-state index is 12.1. The van der Waals surface area contributed by atoms with Crippen molar-refractivity contribution >= 4 is 11.6 Å². The Labute approximate surface area is 120 Å². The zero-order valence-electron chi connectivity index (χ0n) is 11.8. The zero-order chi connectivity index (χ0) is 13.9. The molecule has 3 aliphatic heterocycles. The van der Waals surface area contributed by atoms with Crippen LogP contribution in [0.25, 0.3) is 0 Å². The molecule has 4 nitrogen and oxygen atoms in total. The van der Waals surface area contributed by atoms with E-state index >= 15 is 0 Å². The average molecular weight is 273 g/mol. The van der Waals surface area contributed by atoms with Crippen LogP contribution in [0.3, 0.4) is 0 Å². The number of nitrogen functional groups attached to an aromatic ring is 1. The summed E-state index contributed by atoms with van der Waals surface area (Å²) in [5, 5.41) is 3.22. The fraction of sp³-hybridized carbons (Fsp3) is 0.562. The van der Waals surface area contributed by atoms with Gasteiger partial charge in [0.15, 0.2) is 0 Å². The van der Waals surface area contributed by atoms with Crippen LogP contribution in [-0.2, 0) is 11.2 Å². The third-order valence-electron chi connectivity index (χ3n) is 4.59. The van der Waals surface area contributed by atoms with Gasteiger partial charge in [-0.15, -0.1) is 0 Å². The first-order valence-corrected chi connectivity index (χ1v) is 7.57. The third kappa shape index (κ3) is 3.12. The Morgan fingerprint density at radius 3 is 2.80 bits per heavy atom. The number of carbonyl (C=O) groups excluding carboxylic acids is 1. The van der Waals surface area contributed by atoms with Gasteiger partial charge in [-0.3, -0.25) is 4.79 Å². The van der Waals surface area contributed by atoms with E-state index in [1.807, 2.05) is 24.3 Å². The first-order chi connectivity index (χ1) is 9.70. The molecule has 3 N–H and O–H groups in total. The predicted molar refractivity (Wildman–Crippen MR) is 80.3 cm³/mol. The van der Waals surface area contributed by atoms with Gasteiger partial charge in [0.05, 0.1) is 0 Å². The third-order valence-corrected chi connectivity index (χ3v) is 4.59. The van der Waals surface area contributed by atoms with Gasteiger partial charge in [0.2, 0.25) is 5.91 Å². The fourth-order valence-electron chi connectivity index (χ4n) is 3.41. The molecule has 0 radical (unpaired) electrons. The van der Waals surface area contributed by atoms with Crippen molar-refractivity contribution in [2.45, 2.75) is 31.7 Å². The van der Waals surface area contributed by atoms with Crippen molar-refractivity contribution in [3.8, 4) is 0 Å². The van der Waals surface area contributed by atoms with Crippen LogP contribution in [0.5, 0.6) is 0 Å². The molecule has 1 aromatic rings. The van der Waals surface area contributed by atoms with Crippen LogP contribution in [0.4, 0.5) is 5.69 Å². The lowest BCUT2D eigenvalue weighted by Crippen LogP contribution is -2.57. The van der Waals surface area contributed by atoms with Crippen molar-refractivity contribution in [1.82, 2.24) is 10.2 Å². The van der Waals surface area contributed by atoms with E-state index in [-0.39, 0.29) is 5.91 Å². The SMILES string of the molecule is Nc1cccc(CCC(=O)NC2CN3CCC2CC3)c1. The summed E-state index contributed by atoms with van der Waals surface area (Å²) in [4.78, 5) is 14.5. The lowest BCUT2D eigenvalue weighted by Gasteiger charge is -2.44. The summed E-state index contributed by atoms with van der Waals surface area (Å²) in [5.41, 5.74) is 7.65. The van der Waals surface area contributed by atoms with Crippen LogP contribution in [0.2, 0.25) is 0 Å². The highest BCUT2D eigenvalue weighted by molar-refractivity contribution is 5.76. The monoisotopic (exact) mass is 273 g/mol. The van der Waals surface area contributed by atoms with E-state index in [2.05, 4.69) is 10.2 Å². The molecule has 0 aromatic heterocycles. The second-order valence-corrected chi connectivity index (χ2v) is 6.06. The van der Waals surface area contributed by atoms with Gasteiger partial charge in [0.25, 0.3) is 0 Å². The van der Waals surface area contributed by atoms with Crippen molar-refractivity contribution in [2.75, 3.05) is 25.4 Å². The summed E-state index contributed by atoms with van der Waals surface area (Å²) in [6, 6.07) is 8.15. The smallest absolute Gasteiger partial charge is 0.220 e. The number of aryl methyl sites for hydroxylation is 1. The summed E-state index contributed by atoms with van der Waals surface area (Å²) in [5.74, 6) is 0.863. The quantitative estimate of drug-likeness (QED) is 0.816. The van der Waals surface area contributed by atoms with Crippen LogP contribution >= 0.6 is 0 Å². The number of nitrogens with zero attached hydrogens (tertiary/aromatic N) is 1. The Balaban J connectivity index is 1.48. The molecule has 2 bridgehead atoms. The summed E-state index contributed by atoms with van der Waals surface area (Å²) >= 11 is 0. The molecule has 1 unspecified atom stereocenters. The molecule has 108 valence electrons. The minimum atomic E-state index is 0.172. The number of carbonyl (C=O) groups is 1. The molecule has 3 aliphatic rings. The van der Waals surface area contributed by atoms with Crippen molar-refractivity contribution in [3.05, 3.63) is 29.8 Å². The molecule has 20 heavy (non-hydrogen) atoms. The number of anilines is 1. The molecule has 3 fully saturated rings.